The lowest BCUT2D eigenvalue weighted by Gasteiger charge is -2.28. The van der Waals surface area contributed by atoms with Crippen LogP contribution in [0.3, 0.4) is 0 Å². The first-order valence-corrected chi connectivity index (χ1v) is 43.8. The third-order valence-electron chi connectivity index (χ3n) is 18.9. The number of carbonyl (C=O) groups excluding carboxylic acids is 2. The van der Waals surface area contributed by atoms with Gasteiger partial charge in [0.2, 0.25) is 0 Å². The molecule has 0 aliphatic rings. The number of rotatable bonds is 79. The zero-order valence-electron chi connectivity index (χ0n) is 65.5. The first-order valence-electron chi connectivity index (χ1n) is 42.3. The topological polar surface area (TPSA) is 111 Å². The van der Waals surface area contributed by atoms with Crippen molar-refractivity contribution in [3.05, 3.63) is 85.1 Å². The second kappa shape index (κ2) is 78.3. The van der Waals surface area contributed by atoms with Gasteiger partial charge in [-0.25, -0.2) is 0 Å². The number of allylic oxidation sites excluding steroid dienone is 14. The van der Waals surface area contributed by atoms with Crippen LogP contribution in [-0.2, 0) is 32.7 Å². The van der Waals surface area contributed by atoms with E-state index in [9.17, 15) is 19.0 Å². The molecular formula is C88H162NO8P. The molecule has 0 rings (SSSR count). The van der Waals surface area contributed by atoms with E-state index in [1.165, 1.54) is 308 Å². The van der Waals surface area contributed by atoms with E-state index in [4.69, 9.17) is 18.5 Å². The summed E-state index contributed by atoms with van der Waals surface area (Å²) in [6.07, 6.45) is 109. The van der Waals surface area contributed by atoms with Crippen LogP contribution in [0.1, 0.15) is 412 Å². The highest BCUT2D eigenvalue weighted by molar-refractivity contribution is 7.45. The van der Waals surface area contributed by atoms with Crippen LogP contribution in [0, 0.1) is 0 Å². The van der Waals surface area contributed by atoms with Gasteiger partial charge in [0.25, 0.3) is 7.82 Å². The van der Waals surface area contributed by atoms with Crippen LogP contribution in [0.2, 0.25) is 0 Å². The van der Waals surface area contributed by atoms with Crippen molar-refractivity contribution in [2.45, 2.75) is 418 Å². The molecule has 0 saturated heterocycles. The van der Waals surface area contributed by atoms with Gasteiger partial charge in [0, 0.05) is 12.8 Å². The highest BCUT2D eigenvalue weighted by Crippen LogP contribution is 2.38. The van der Waals surface area contributed by atoms with Crippen molar-refractivity contribution in [1.82, 2.24) is 0 Å². The fraction of sp³-hybridized carbons (Fsp3) is 0.818. The Balaban J connectivity index is 3.89. The summed E-state index contributed by atoms with van der Waals surface area (Å²) in [6.45, 7) is 4.18. The maximum absolute atomic E-state index is 12.9. The number of nitrogens with zero attached hydrogens (tertiary/aromatic N) is 1. The predicted octanol–water partition coefficient (Wildman–Crippen LogP) is 27.8. The fourth-order valence-electron chi connectivity index (χ4n) is 12.5. The minimum absolute atomic E-state index is 0.0292. The molecule has 0 aromatic rings. The first-order chi connectivity index (χ1) is 48.0. The van der Waals surface area contributed by atoms with E-state index in [1.807, 2.05) is 21.1 Å². The SMILES string of the molecule is CC/C=C\C/C=C\C/C=C\C/C=C\CCCCCCCCCCCCCCCCCCCCCCCCCCC(=O)OC(COC(=O)CCCCCCCCCCCCCCCCCCCCCCCC/C=C\C/C=C\C/C=C\CCCCCCC)COP(=O)([O-])OCC[N+](C)(C)C. The average Bonchev–Trinajstić information content (AvgIpc) is 1.08. The lowest BCUT2D eigenvalue weighted by atomic mass is 10.0. The van der Waals surface area contributed by atoms with Crippen molar-refractivity contribution < 1.29 is 42.1 Å². The Labute approximate surface area is 609 Å². The van der Waals surface area contributed by atoms with E-state index in [0.717, 1.165) is 70.6 Å². The molecule has 2 unspecified atom stereocenters. The summed E-state index contributed by atoms with van der Waals surface area (Å²) in [4.78, 5) is 38.2. The second-order valence-corrected chi connectivity index (χ2v) is 31.2. The van der Waals surface area contributed by atoms with Gasteiger partial charge in [0.15, 0.2) is 6.10 Å². The van der Waals surface area contributed by atoms with Crippen molar-refractivity contribution in [1.29, 1.82) is 0 Å². The first kappa shape index (κ1) is 95.2. The Morgan fingerprint density at radius 2 is 0.582 bits per heavy atom. The van der Waals surface area contributed by atoms with Gasteiger partial charge in [-0.1, -0.05) is 394 Å². The van der Waals surface area contributed by atoms with E-state index in [0.29, 0.717) is 17.4 Å². The molecule has 0 aliphatic heterocycles. The predicted molar refractivity (Wildman–Crippen MR) is 425 cm³/mol. The zero-order chi connectivity index (χ0) is 71.1. The summed E-state index contributed by atoms with van der Waals surface area (Å²) >= 11 is 0. The van der Waals surface area contributed by atoms with Gasteiger partial charge in [-0.15, -0.1) is 0 Å². The lowest BCUT2D eigenvalue weighted by Crippen LogP contribution is -2.37. The number of phosphoric ester groups is 1. The van der Waals surface area contributed by atoms with Crippen LogP contribution >= 0.6 is 7.82 Å². The lowest BCUT2D eigenvalue weighted by molar-refractivity contribution is -0.870. The molecule has 0 saturated carbocycles. The molecule has 0 aliphatic carbocycles. The van der Waals surface area contributed by atoms with Crippen molar-refractivity contribution in [3.8, 4) is 0 Å². The largest absolute Gasteiger partial charge is 0.756 e. The number of ether oxygens (including phenoxy) is 2. The van der Waals surface area contributed by atoms with Gasteiger partial charge in [0.05, 0.1) is 27.7 Å². The Kier molecular flexibility index (Phi) is 76.1. The molecular weight excluding hydrogens is 1230 g/mol. The van der Waals surface area contributed by atoms with Crippen LogP contribution in [-0.4, -0.2) is 70.0 Å². The Hall–Kier alpha value is -2.81. The van der Waals surface area contributed by atoms with E-state index in [1.54, 1.807) is 0 Å². The minimum Gasteiger partial charge on any atom is -0.756 e. The summed E-state index contributed by atoms with van der Waals surface area (Å²) in [5.74, 6) is -0.811. The molecule has 9 nitrogen and oxygen atoms in total. The highest BCUT2D eigenvalue weighted by atomic mass is 31.2. The fourth-order valence-corrected chi connectivity index (χ4v) is 13.2. The number of esters is 2. The third kappa shape index (κ3) is 82.1. The molecule has 10 heteroatoms. The monoisotopic (exact) mass is 1390 g/mol. The molecule has 0 radical (unpaired) electrons. The van der Waals surface area contributed by atoms with E-state index in [-0.39, 0.29) is 32.0 Å². The van der Waals surface area contributed by atoms with Crippen molar-refractivity contribution >= 4 is 19.8 Å². The molecule has 0 spiro atoms. The summed E-state index contributed by atoms with van der Waals surface area (Å²) in [5, 5.41) is 0. The number of hydrogen-bond donors (Lipinski definition) is 0. The van der Waals surface area contributed by atoms with Gasteiger partial charge < -0.3 is 27.9 Å². The molecule has 0 fully saturated rings. The number of phosphoric acid groups is 1. The molecule has 0 aromatic carbocycles. The molecule has 2 atom stereocenters. The van der Waals surface area contributed by atoms with E-state index >= 15 is 0 Å². The van der Waals surface area contributed by atoms with Gasteiger partial charge in [0.1, 0.15) is 19.8 Å². The number of likely N-dealkylation sites (N-methyl/N-ethyl adjacent to an activating group) is 1. The molecule has 0 N–H and O–H groups in total. The van der Waals surface area contributed by atoms with Crippen LogP contribution in [0.4, 0.5) is 0 Å². The Bertz CT molecular complexity index is 1930. The quantitative estimate of drug-likeness (QED) is 0.0195. The number of hydrogen-bond acceptors (Lipinski definition) is 8. The van der Waals surface area contributed by atoms with Crippen LogP contribution in [0.15, 0.2) is 85.1 Å². The van der Waals surface area contributed by atoms with Crippen molar-refractivity contribution in [2.75, 3.05) is 47.5 Å². The molecule has 572 valence electrons. The molecule has 0 amide bonds. The van der Waals surface area contributed by atoms with Crippen molar-refractivity contribution in [3.63, 3.8) is 0 Å². The van der Waals surface area contributed by atoms with Crippen LogP contribution in [0.5, 0.6) is 0 Å². The number of unbranched alkanes of at least 4 members (excludes halogenated alkanes) is 51. The van der Waals surface area contributed by atoms with Gasteiger partial charge in [-0.3, -0.25) is 14.2 Å². The maximum atomic E-state index is 12.9. The normalized spacial score (nSPS) is 13.4. The number of carbonyl (C=O) groups is 2. The Morgan fingerprint density at radius 3 is 0.867 bits per heavy atom. The van der Waals surface area contributed by atoms with E-state index in [2.05, 4.69) is 98.9 Å². The van der Waals surface area contributed by atoms with E-state index < -0.39 is 26.5 Å². The zero-order valence-corrected chi connectivity index (χ0v) is 66.4. The third-order valence-corrected chi connectivity index (χ3v) is 19.9. The average molecular weight is 1390 g/mol. The molecule has 98 heavy (non-hydrogen) atoms. The number of quaternary nitrogens is 1. The molecule has 0 aromatic heterocycles. The maximum Gasteiger partial charge on any atom is 0.306 e. The van der Waals surface area contributed by atoms with Gasteiger partial charge >= 0.3 is 11.9 Å². The summed E-state index contributed by atoms with van der Waals surface area (Å²) in [6, 6.07) is 0. The van der Waals surface area contributed by atoms with Gasteiger partial charge in [-0.05, 0) is 89.9 Å². The highest BCUT2D eigenvalue weighted by Gasteiger charge is 2.22. The smallest absolute Gasteiger partial charge is 0.306 e. The van der Waals surface area contributed by atoms with Gasteiger partial charge in [-0.2, -0.15) is 0 Å². The standard InChI is InChI=1S/C88H162NO8P/c1-6-8-10-12-14-16-18-20-22-24-26-28-30-32-34-36-38-40-42-44-46-48-50-52-54-56-58-60-62-64-66-68-70-72-74-76-78-80-87(90)94-84-86(85-96-98(92,93)95-83-82-89(3,4)5)97-88(91)81-79-77-75-73-71-69-67-65-63-61-59-57-55-53-51-49-47-45-43-41-39-37-35-33-31-29-27-25-23-21-19-17-15-13-11-9-7-2/h9,11,15,17-18,20-21,23-24,26-27,29-30,32,86H,6-8,10,12-14,16,19,22,25,28,31,33-85H2,1-5H3/b11-9-,17-15-,20-18-,23-21-,26-24-,29-27-,32-30-. The van der Waals surface area contributed by atoms with Crippen LogP contribution in [0.25, 0.3) is 0 Å². The van der Waals surface area contributed by atoms with Crippen LogP contribution < -0.4 is 4.89 Å². The molecule has 0 heterocycles. The summed E-state index contributed by atoms with van der Waals surface area (Å²) in [7, 11) is 1.19. The second-order valence-electron chi connectivity index (χ2n) is 29.8. The Morgan fingerprint density at radius 1 is 0.327 bits per heavy atom. The summed E-state index contributed by atoms with van der Waals surface area (Å²) < 4.78 is 34.5. The minimum atomic E-state index is -4.65. The van der Waals surface area contributed by atoms with Crippen molar-refractivity contribution in [2.24, 2.45) is 0 Å². The summed E-state index contributed by atoms with van der Waals surface area (Å²) in [5.41, 5.74) is 0. The molecule has 0 bridgehead atoms.